The Morgan fingerprint density at radius 3 is 2.75 bits per heavy atom. The van der Waals surface area contributed by atoms with Crippen LogP contribution in [0.3, 0.4) is 0 Å². The first-order valence-electron chi connectivity index (χ1n) is 9.84. The molecule has 1 amide bonds. The highest BCUT2D eigenvalue weighted by molar-refractivity contribution is 5.96. The number of nitrogens with zero attached hydrogens (tertiary/aromatic N) is 3. The summed E-state index contributed by atoms with van der Waals surface area (Å²) in [7, 11) is 0. The van der Waals surface area contributed by atoms with Gasteiger partial charge in [-0.25, -0.2) is 4.98 Å². The van der Waals surface area contributed by atoms with E-state index in [1.165, 1.54) is 10.5 Å². The molecule has 0 aliphatic heterocycles. The fraction of sp³-hybridized carbons (Fsp3) is 0.429. The molecule has 28 heavy (non-hydrogen) atoms. The van der Waals surface area contributed by atoms with Crippen LogP contribution in [0.4, 0.5) is 0 Å². The smallest absolute Gasteiger partial charge is 0.267 e. The fourth-order valence-electron chi connectivity index (χ4n) is 3.31. The topological polar surface area (TPSA) is 92.2 Å². The maximum absolute atomic E-state index is 13.0. The number of aromatic nitrogens is 3. The summed E-state index contributed by atoms with van der Waals surface area (Å²) in [5.74, 6) is -0.346. The van der Waals surface area contributed by atoms with Gasteiger partial charge in [-0.3, -0.25) is 19.4 Å². The Balaban J connectivity index is 2.25. The summed E-state index contributed by atoms with van der Waals surface area (Å²) in [6.07, 6.45) is 5.78. The maximum atomic E-state index is 13.0. The van der Waals surface area contributed by atoms with Crippen molar-refractivity contribution in [1.29, 1.82) is 5.41 Å². The summed E-state index contributed by atoms with van der Waals surface area (Å²) in [5, 5.41) is 11.8. The van der Waals surface area contributed by atoms with Crippen LogP contribution in [0.25, 0.3) is 16.7 Å². The highest BCUT2D eigenvalue weighted by atomic mass is 16.1. The molecule has 3 heterocycles. The van der Waals surface area contributed by atoms with Crippen molar-refractivity contribution >= 4 is 22.6 Å². The van der Waals surface area contributed by atoms with Crippen molar-refractivity contribution in [1.82, 2.24) is 19.3 Å². The molecule has 0 saturated carbocycles. The third-order valence-corrected chi connectivity index (χ3v) is 4.72. The van der Waals surface area contributed by atoms with Gasteiger partial charge in [-0.15, -0.1) is 0 Å². The molecule has 3 aromatic rings. The monoisotopic (exact) mass is 381 g/mol. The highest BCUT2D eigenvalue weighted by Crippen LogP contribution is 2.12. The van der Waals surface area contributed by atoms with Crippen molar-refractivity contribution in [3.63, 3.8) is 0 Å². The maximum Gasteiger partial charge on any atom is 0.267 e. The van der Waals surface area contributed by atoms with Crippen molar-refractivity contribution < 1.29 is 4.79 Å². The fourth-order valence-corrected chi connectivity index (χ4v) is 3.31. The van der Waals surface area contributed by atoms with E-state index in [0.717, 1.165) is 25.7 Å². The molecule has 0 radical (unpaired) electrons. The summed E-state index contributed by atoms with van der Waals surface area (Å²) < 4.78 is 3.17. The lowest BCUT2D eigenvalue weighted by atomic mass is 10.1. The summed E-state index contributed by atoms with van der Waals surface area (Å²) >= 11 is 0. The van der Waals surface area contributed by atoms with Gasteiger partial charge < -0.3 is 9.88 Å². The Morgan fingerprint density at radius 2 is 2.04 bits per heavy atom. The number of hydrogen-bond acceptors (Lipinski definition) is 4. The Morgan fingerprint density at radius 1 is 1.25 bits per heavy atom. The first kappa shape index (κ1) is 19.8. The van der Waals surface area contributed by atoms with E-state index in [0.29, 0.717) is 23.2 Å². The molecule has 7 nitrogen and oxygen atoms in total. The molecule has 2 N–H and O–H groups in total. The Hall–Kier alpha value is -2.96. The molecule has 0 aromatic carbocycles. The van der Waals surface area contributed by atoms with Crippen LogP contribution < -0.4 is 16.4 Å². The number of fused-ring (bicyclic) bond motifs is 2. The molecule has 0 saturated heterocycles. The minimum atomic E-state index is -0.346. The van der Waals surface area contributed by atoms with E-state index in [-0.39, 0.29) is 28.6 Å². The third-order valence-electron chi connectivity index (χ3n) is 4.72. The van der Waals surface area contributed by atoms with Crippen LogP contribution in [0, 0.1) is 5.41 Å². The lowest BCUT2D eigenvalue weighted by Gasteiger charge is -2.15. The molecule has 0 aliphatic carbocycles. The van der Waals surface area contributed by atoms with Gasteiger partial charge >= 0.3 is 0 Å². The summed E-state index contributed by atoms with van der Waals surface area (Å²) in [4.78, 5) is 30.3. The largest absolute Gasteiger partial charge is 0.350 e. The standard InChI is InChI=1S/C21H27N5O2/c1-4-5-6-8-12-26-18(22)15(20(27)23-14(2)3)13-16-19(26)24-17-10-7-9-11-25(17)21(16)28/h7,9-11,13-14,22H,4-6,8,12H2,1-3H3,(H,23,27). The van der Waals surface area contributed by atoms with Gasteiger partial charge in [0.05, 0.1) is 10.9 Å². The van der Waals surface area contributed by atoms with Crippen molar-refractivity contribution in [3.05, 3.63) is 51.9 Å². The van der Waals surface area contributed by atoms with Gasteiger partial charge in [0.15, 0.2) is 0 Å². The van der Waals surface area contributed by atoms with Gasteiger partial charge in [0.25, 0.3) is 11.5 Å². The first-order valence-corrected chi connectivity index (χ1v) is 9.84. The Kier molecular flexibility index (Phi) is 5.92. The summed E-state index contributed by atoms with van der Waals surface area (Å²) in [6, 6.07) is 6.81. The molecular weight excluding hydrogens is 354 g/mol. The lowest BCUT2D eigenvalue weighted by Crippen LogP contribution is -2.37. The van der Waals surface area contributed by atoms with E-state index in [1.54, 1.807) is 22.9 Å². The molecule has 7 heteroatoms. The second-order valence-corrected chi connectivity index (χ2v) is 7.33. The van der Waals surface area contributed by atoms with Gasteiger partial charge in [-0.1, -0.05) is 32.3 Å². The molecule has 0 atom stereocenters. The van der Waals surface area contributed by atoms with Crippen LogP contribution in [0.5, 0.6) is 0 Å². The van der Waals surface area contributed by atoms with Gasteiger partial charge in [0.2, 0.25) is 0 Å². The number of nitrogens with one attached hydrogen (secondary N) is 2. The number of aryl methyl sites for hydroxylation is 1. The van der Waals surface area contributed by atoms with Gasteiger partial charge in [-0.05, 0) is 38.5 Å². The van der Waals surface area contributed by atoms with Crippen LogP contribution in [-0.4, -0.2) is 25.9 Å². The average Bonchev–Trinajstić information content (AvgIpc) is 2.66. The number of carbonyl (C=O) groups excluding carboxylic acids is 1. The number of pyridine rings is 2. The van der Waals surface area contributed by atoms with Crippen LogP contribution in [0.2, 0.25) is 0 Å². The number of amides is 1. The van der Waals surface area contributed by atoms with Crippen molar-refractivity contribution in [2.45, 2.75) is 59.0 Å². The number of hydrogen-bond donors (Lipinski definition) is 2. The normalized spacial score (nSPS) is 11.4. The molecule has 0 fully saturated rings. The Labute approximate surface area is 163 Å². The van der Waals surface area contributed by atoms with Crippen LogP contribution >= 0.6 is 0 Å². The van der Waals surface area contributed by atoms with E-state index in [1.807, 2.05) is 19.9 Å². The number of unbranched alkanes of at least 4 members (excludes halogenated alkanes) is 3. The summed E-state index contributed by atoms with van der Waals surface area (Å²) in [5.41, 5.74) is 1.04. The predicted octanol–water partition coefficient (Wildman–Crippen LogP) is 2.85. The van der Waals surface area contributed by atoms with Crippen molar-refractivity contribution in [3.8, 4) is 0 Å². The molecule has 0 bridgehead atoms. The minimum absolute atomic E-state index is 0.0589. The van der Waals surface area contributed by atoms with Crippen molar-refractivity contribution in [2.75, 3.05) is 0 Å². The van der Waals surface area contributed by atoms with Gasteiger partial charge in [-0.2, -0.15) is 0 Å². The zero-order valence-corrected chi connectivity index (χ0v) is 16.7. The third kappa shape index (κ3) is 3.83. The molecule has 3 aromatic heterocycles. The quantitative estimate of drug-likeness (QED) is 0.487. The summed E-state index contributed by atoms with van der Waals surface area (Å²) in [6.45, 7) is 6.42. The zero-order chi connectivity index (χ0) is 20.3. The van der Waals surface area contributed by atoms with E-state index < -0.39 is 0 Å². The number of rotatable bonds is 7. The van der Waals surface area contributed by atoms with Crippen LogP contribution in [0.15, 0.2) is 35.3 Å². The highest BCUT2D eigenvalue weighted by Gasteiger charge is 2.17. The van der Waals surface area contributed by atoms with E-state index in [9.17, 15) is 9.59 Å². The zero-order valence-electron chi connectivity index (χ0n) is 16.7. The van der Waals surface area contributed by atoms with E-state index >= 15 is 0 Å². The molecule has 3 rings (SSSR count). The Bertz CT molecular complexity index is 1130. The molecule has 0 aliphatic rings. The molecule has 0 unspecified atom stereocenters. The molecular formula is C21H27N5O2. The van der Waals surface area contributed by atoms with Gasteiger partial charge in [0.1, 0.15) is 16.8 Å². The van der Waals surface area contributed by atoms with Crippen LogP contribution in [0.1, 0.15) is 56.8 Å². The van der Waals surface area contributed by atoms with Crippen molar-refractivity contribution in [2.24, 2.45) is 0 Å². The number of carbonyl (C=O) groups is 1. The van der Waals surface area contributed by atoms with Gasteiger partial charge in [0, 0.05) is 18.8 Å². The predicted molar refractivity (Wildman–Crippen MR) is 110 cm³/mol. The minimum Gasteiger partial charge on any atom is -0.350 e. The lowest BCUT2D eigenvalue weighted by molar-refractivity contribution is 0.0940. The average molecular weight is 381 g/mol. The SMILES string of the molecule is CCCCCCn1c(=N)c(C(=O)NC(C)C)cc2c(=O)n3ccccc3nc21. The second kappa shape index (κ2) is 8.37. The second-order valence-electron chi connectivity index (χ2n) is 7.33. The first-order chi connectivity index (χ1) is 13.4. The van der Waals surface area contributed by atoms with E-state index in [2.05, 4.69) is 17.2 Å². The molecule has 148 valence electrons. The van der Waals surface area contributed by atoms with Crippen LogP contribution in [-0.2, 0) is 6.54 Å². The molecule has 0 spiro atoms. The van der Waals surface area contributed by atoms with E-state index in [4.69, 9.17) is 5.41 Å².